The van der Waals surface area contributed by atoms with Crippen molar-refractivity contribution in [1.82, 2.24) is 15.4 Å². The van der Waals surface area contributed by atoms with E-state index in [1.54, 1.807) is 30.5 Å². The normalized spacial score (nSPS) is 20.2. The lowest BCUT2D eigenvalue weighted by Gasteiger charge is -2.31. The number of benzene rings is 2. The summed E-state index contributed by atoms with van der Waals surface area (Å²) in [5, 5.41) is 4.61. The van der Waals surface area contributed by atoms with Crippen molar-refractivity contribution >= 4 is 67.1 Å². The van der Waals surface area contributed by atoms with Crippen LogP contribution in [0.15, 0.2) is 112 Å². The highest BCUT2D eigenvalue weighted by Gasteiger charge is 2.45. The number of hydrogen-bond acceptors (Lipinski definition) is 15. The molecular weight excluding hydrogens is 887 g/mol. The van der Waals surface area contributed by atoms with Crippen LogP contribution < -0.4 is 10.2 Å². The van der Waals surface area contributed by atoms with E-state index in [-0.39, 0.29) is 37.1 Å². The Labute approximate surface area is 378 Å². The van der Waals surface area contributed by atoms with Gasteiger partial charge in [0.25, 0.3) is 27.8 Å². The largest absolute Gasteiger partial charge is 0.390 e. The Morgan fingerprint density at radius 3 is 2.30 bits per heavy atom. The van der Waals surface area contributed by atoms with Gasteiger partial charge in [0, 0.05) is 84.9 Å². The van der Waals surface area contributed by atoms with Crippen LogP contribution in [0.2, 0.25) is 0 Å². The van der Waals surface area contributed by atoms with Gasteiger partial charge >= 0.3 is 5.97 Å². The van der Waals surface area contributed by atoms with E-state index in [0.29, 0.717) is 58.3 Å². The highest BCUT2D eigenvalue weighted by atomic mass is 32.2. The maximum Gasteiger partial charge on any atom is 0.363 e. The number of amides is 3. The SMILES string of the molecule is CON(C)C(=O)C(/C=C1\CN=C(/C=C/C=C/C=C2/N(CCCS(=O)(=O)O)c3ccc(SO)cc3C2(C)c2ccc(C(=O)ON3C(=O)CCC3=O)cc2)C1(C)C)=C/NCCCS(C)(=O)=O. The molecule has 0 aliphatic carbocycles. The molecule has 3 N–H and O–H groups in total. The number of sulfone groups is 1. The van der Waals surface area contributed by atoms with Crippen molar-refractivity contribution in [2.45, 2.75) is 56.8 Å². The summed E-state index contributed by atoms with van der Waals surface area (Å²) in [5.74, 6) is -2.97. The fourth-order valence-electron chi connectivity index (χ4n) is 7.50. The number of hydrogen-bond donors (Lipinski definition) is 3. The minimum Gasteiger partial charge on any atom is -0.390 e. The van der Waals surface area contributed by atoms with Crippen LogP contribution in [0.25, 0.3) is 0 Å². The molecule has 0 aromatic heterocycles. The summed E-state index contributed by atoms with van der Waals surface area (Å²) >= 11 is 0.566. The predicted octanol–water partition coefficient (Wildman–Crippen LogP) is 5.21. The molecule has 1 fully saturated rings. The van der Waals surface area contributed by atoms with E-state index in [4.69, 9.17) is 14.7 Å². The first kappa shape index (κ1) is 49.6. The molecule has 1 saturated heterocycles. The topological polar surface area (TPSA) is 230 Å². The van der Waals surface area contributed by atoms with Crippen LogP contribution >= 0.6 is 12.0 Å². The molecule has 64 heavy (non-hydrogen) atoms. The lowest BCUT2D eigenvalue weighted by atomic mass is 9.75. The van der Waals surface area contributed by atoms with Crippen molar-refractivity contribution in [3.05, 3.63) is 119 Å². The van der Waals surface area contributed by atoms with Gasteiger partial charge < -0.3 is 19.6 Å². The van der Waals surface area contributed by atoms with Crippen LogP contribution in [-0.2, 0) is 49.4 Å². The fourth-order valence-corrected chi connectivity index (χ4v) is 8.96. The van der Waals surface area contributed by atoms with Gasteiger partial charge in [0.2, 0.25) is 0 Å². The summed E-state index contributed by atoms with van der Waals surface area (Å²) in [5.41, 5.74) is 3.39. The van der Waals surface area contributed by atoms with Gasteiger partial charge in [-0.25, -0.2) is 18.3 Å². The maximum absolute atomic E-state index is 13.2. The van der Waals surface area contributed by atoms with Gasteiger partial charge in [0.05, 0.1) is 41.7 Å². The summed E-state index contributed by atoms with van der Waals surface area (Å²) in [6.45, 7) is 6.79. The van der Waals surface area contributed by atoms with Gasteiger partial charge in [-0.1, -0.05) is 44.2 Å². The smallest absolute Gasteiger partial charge is 0.363 e. The third-order valence-corrected chi connectivity index (χ3v) is 13.5. The predicted molar refractivity (Wildman–Crippen MR) is 243 cm³/mol. The first-order valence-corrected chi connectivity index (χ1v) is 24.7. The van der Waals surface area contributed by atoms with Crippen LogP contribution in [0.5, 0.6) is 0 Å². The molecule has 0 saturated carbocycles. The van der Waals surface area contributed by atoms with Gasteiger partial charge in [-0.15, -0.1) is 5.06 Å². The lowest BCUT2D eigenvalue weighted by Crippen LogP contribution is -2.32. The lowest BCUT2D eigenvalue weighted by molar-refractivity contribution is -0.172. The quantitative estimate of drug-likeness (QED) is 0.0313. The van der Waals surface area contributed by atoms with Crippen LogP contribution in [0.3, 0.4) is 0 Å². The van der Waals surface area contributed by atoms with Crippen LogP contribution in [-0.4, -0.2) is 117 Å². The molecule has 17 nitrogen and oxygen atoms in total. The van der Waals surface area contributed by atoms with E-state index in [1.165, 1.54) is 32.5 Å². The molecule has 3 amide bonds. The number of allylic oxidation sites excluding steroid dienone is 6. The minimum absolute atomic E-state index is 0.00855. The highest BCUT2D eigenvalue weighted by Crippen LogP contribution is 2.52. The van der Waals surface area contributed by atoms with E-state index < -0.39 is 60.2 Å². The number of carbonyl (C=O) groups excluding carboxylic acids is 4. The van der Waals surface area contributed by atoms with E-state index in [2.05, 4.69) is 5.32 Å². The molecule has 0 radical (unpaired) electrons. The molecule has 1 unspecified atom stereocenters. The molecule has 0 bridgehead atoms. The molecular formula is C44H53N5O12S3. The first-order valence-electron chi connectivity index (χ1n) is 20.2. The molecule has 3 aliphatic rings. The van der Waals surface area contributed by atoms with Crippen LogP contribution in [0, 0.1) is 5.41 Å². The summed E-state index contributed by atoms with van der Waals surface area (Å²) in [6, 6.07) is 11.9. The zero-order valence-electron chi connectivity index (χ0n) is 36.4. The number of likely N-dealkylation sites (N-methyl/N-ethyl adjacent to an activating group) is 1. The zero-order chi connectivity index (χ0) is 47.0. The van der Waals surface area contributed by atoms with Crippen molar-refractivity contribution in [1.29, 1.82) is 0 Å². The van der Waals surface area contributed by atoms with Gasteiger partial charge in [-0.3, -0.25) is 28.8 Å². The number of nitrogens with one attached hydrogen (secondary N) is 1. The number of nitrogens with zero attached hydrogens (tertiary/aromatic N) is 4. The Bertz CT molecular complexity index is 2550. The Kier molecular flexibility index (Phi) is 16.0. The second kappa shape index (κ2) is 20.6. The van der Waals surface area contributed by atoms with Crippen molar-refractivity contribution in [2.24, 2.45) is 10.4 Å². The summed E-state index contributed by atoms with van der Waals surface area (Å²) in [7, 11) is -4.53. The maximum atomic E-state index is 13.2. The third kappa shape index (κ3) is 11.8. The molecule has 3 heterocycles. The van der Waals surface area contributed by atoms with E-state index >= 15 is 0 Å². The molecule has 5 rings (SSSR count). The summed E-state index contributed by atoms with van der Waals surface area (Å²) in [4.78, 5) is 67.9. The number of anilines is 1. The van der Waals surface area contributed by atoms with Gasteiger partial charge in [0.15, 0.2) is 0 Å². The molecule has 344 valence electrons. The second-order valence-electron chi connectivity index (χ2n) is 16.0. The van der Waals surface area contributed by atoms with E-state index in [1.807, 2.05) is 68.2 Å². The number of fused-ring (bicyclic) bond motifs is 1. The van der Waals surface area contributed by atoms with Gasteiger partial charge in [0.1, 0.15) is 9.84 Å². The van der Waals surface area contributed by atoms with E-state index in [9.17, 15) is 45.1 Å². The molecule has 2 aromatic carbocycles. The second-order valence-corrected chi connectivity index (χ2v) is 20.5. The molecule has 1 atom stereocenters. The van der Waals surface area contributed by atoms with Crippen LogP contribution in [0.4, 0.5) is 5.69 Å². The van der Waals surface area contributed by atoms with Crippen molar-refractivity contribution in [3.8, 4) is 0 Å². The minimum atomic E-state index is -4.26. The Balaban J connectivity index is 1.44. The van der Waals surface area contributed by atoms with Gasteiger partial charge in [-0.2, -0.15) is 8.42 Å². The van der Waals surface area contributed by atoms with Crippen LogP contribution in [0.1, 0.15) is 67.9 Å². The average Bonchev–Trinajstić information content (AvgIpc) is 3.80. The Morgan fingerprint density at radius 2 is 1.67 bits per heavy atom. The number of aliphatic imine (C=N–C) groups is 1. The summed E-state index contributed by atoms with van der Waals surface area (Å²) < 4.78 is 66.2. The molecule has 0 spiro atoms. The fraction of sp³-hybridized carbons (Fsp3) is 0.386. The van der Waals surface area contributed by atoms with Crippen molar-refractivity contribution in [2.75, 3.05) is 56.5 Å². The molecule has 2 aromatic rings. The zero-order valence-corrected chi connectivity index (χ0v) is 38.9. The standard InChI is InChI=1S/C44H53N5O12S3/c1-43(2)33(26-31(41(52)47(4)60-5)28-45-22-10-24-63(6,55)56)29-46-37(43)12-8-7-9-13-38-44(3,32-16-14-30(15-17-32)42(53)61-49-39(50)20-21-40(49)51)35-27-34(62-54)18-19-36(35)48(38)23-11-25-64(57,58)59/h7-9,12-19,26-28,45,54H,10-11,20-25,29H2,1-6H3,(H,57,58,59)/b9-7+,12-8+,31-28+,33-26+,38-13+. The number of carbonyl (C=O) groups is 4. The summed E-state index contributed by atoms with van der Waals surface area (Å²) in [6.07, 6.45) is 14.0. The van der Waals surface area contributed by atoms with Crippen molar-refractivity contribution in [3.63, 3.8) is 0 Å². The van der Waals surface area contributed by atoms with Crippen molar-refractivity contribution < 1.29 is 54.8 Å². The molecule has 20 heteroatoms. The highest BCUT2D eigenvalue weighted by molar-refractivity contribution is 7.93. The monoisotopic (exact) mass is 939 g/mol. The average molecular weight is 940 g/mol. The number of hydroxylamine groups is 4. The first-order chi connectivity index (χ1) is 30.1. The van der Waals surface area contributed by atoms with E-state index in [0.717, 1.165) is 27.6 Å². The van der Waals surface area contributed by atoms with Gasteiger partial charge in [-0.05, 0) is 85.0 Å². The number of imide groups is 1. The number of rotatable bonds is 19. The third-order valence-electron chi connectivity index (χ3n) is 11.2. The Morgan fingerprint density at radius 1 is 0.984 bits per heavy atom. The Hall–Kier alpha value is -5.38. The molecule has 3 aliphatic heterocycles.